The summed E-state index contributed by atoms with van der Waals surface area (Å²) in [5.41, 5.74) is -0.736. The zero-order valence-corrected chi connectivity index (χ0v) is 10.8. The second-order valence-electron chi connectivity index (χ2n) is 4.47. The molecule has 1 saturated carbocycles. The SMILES string of the molecule is CNC1(C(=O)O)CCC(Sc2cnn(C)c2)C1. The van der Waals surface area contributed by atoms with E-state index in [1.807, 2.05) is 19.4 Å². The van der Waals surface area contributed by atoms with Crippen LogP contribution in [0, 0.1) is 0 Å². The van der Waals surface area contributed by atoms with Gasteiger partial charge in [-0.25, -0.2) is 0 Å². The van der Waals surface area contributed by atoms with Crippen LogP contribution < -0.4 is 5.32 Å². The van der Waals surface area contributed by atoms with Crippen molar-refractivity contribution < 1.29 is 9.90 Å². The zero-order chi connectivity index (χ0) is 12.5. The normalized spacial score (nSPS) is 28.5. The van der Waals surface area contributed by atoms with E-state index in [4.69, 9.17) is 0 Å². The average Bonchev–Trinajstić information content (AvgIpc) is 2.87. The maximum atomic E-state index is 11.3. The van der Waals surface area contributed by atoms with Gasteiger partial charge < -0.3 is 10.4 Å². The summed E-state index contributed by atoms with van der Waals surface area (Å²) in [6, 6.07) is 0. The maximum Gasteiger partial charge on any atom is 0.323 e. The van der Waals surface area contributed by atoms with Gasteiger partial charge in [0, 0.05) is 23.4 Å². The van der Waals surface area contributed by atoms with E-state index in [1.165, 1.54) is 0 Å². The first-order valence-electron chi connectivity index (χ1n) is 5.63. The van der Waals surface area contributed by atoms with Crippen LogP contribution >= 0.6 is 11.8 Å². The fourth-order valence-electron chi connectivity index (χ4n) is 2.28. The molecule has 94 valence electrons. The number of aromatic nitrogens is 2. The molecule has 0 bridgehead atoms. The van der Waals surface area contributed by atoms with Gasteiger partial charge >= 0.3 is 5.97 Å². The van der Waals surface area contributed by atoms with Gasteiger partial charge in [-0.2, -0.15) is 5.10 Å². The van der Waals surface area contributed by atoms with Gasteiger partial charge in [0.25, 0.3) is 0 Å². The molecular formula is C11H17N3O2S. The molecule has 0 spiro atoms. The van der Waals surface area contributed by atoms with E-state index in [-0.39, 0.29) is 0 Å². The van der Waals surface area contributed by atoms with E-state index < -0.39 is 11.5 Å². The van der Waals surface area contributed by atoms with Crippen LogP contribution in [0.15, 0.2) is 17.3 Å². The minimum absolute atomic E-state index is 0.350. The molecule has 5 nitrogen and oxygen atoms in total. The summed E-state index contributed by atoms with van der Waals surface area (Å²) in [6.07, 6.45) is 6.07. The van der Waals surface area contributed by atoms with E-state index in [0.29, 0.717) is 18.1 Å². The van der Waals surface area contributed by atoms with E-state index in [9.17, 15) is 9.90 Å². The molecule has 0 saturated heterocycles. The highest BCUT2D eigenvalue weighted by molar-refractivity contribution is 8.00. The molecule has 0 aromatic carbocycles. The highest BCUT2D eigenvalue weighted by Gasteiger charge is 2.44. The quantitative estimate of drug-likeness (QED) is 0.843. The van der Waals surface area contributed by atoms with Crippen molar-refractivity contribution in [3.8, 4) is 0 Å². The topological polar surface area (TPSA) is 67.2 Å². The minimum atomic E-state index is -0.741. The Morgan fingerprint density at radius 2 is 2.53 bits per heavy atom. The molecular weight excluding hydrogens is 238 g/mol. The van der Waals surface area contributed by atoms with Crippen molar-refractivity contribution >= 4 is 17.7 Å². The molecule has 17 heavy (non-hydrogen) atoms. The van der Waals surface area contributed by atoms with Gasteiger partial charge in [0.15, 0.2) is 0 Å². The predicted octanol–water partition coefficient (Wildman–Crippen LogP) is 1.11. The van der Waals surface area contributed by atoms with E-state index in [1.54, 1.807) is 23.5 Å². The van der Waals surface area contributed by atoms with Crippen LogP contribution in [-0.4, -0.2) is 38.7 Å². The van der Waals surface area contributed by atoms with Crippen molar-refractivity contribution in [1.29, 1.82) is 0 Å². The summed E-state index contributed by atoms with van der Waals surface area (Å²) >= 11 is 1.72. The number of aliphatic carboxylic acids is 1. The number of hydrogen-bond donors (Lipinski definition) is 2. The van der Waals surface area contributed by atoms with Gasteiger partial charge in [-0.1, -0.05) is 0 Å². The predicted molar refractivity (Wildman–Crippen MR) is 66.1 cm³/mol. The number of thioether (sulfide) groups is 1. The van der Waals surface area contributed by atoms with Crippen LogP contribution in [0.2, 0.25) is 0 Å². The maximum absolute atomic E-state index is 11.3. The molecule has 0 radical (unpaired) electrons. The third-order valence-corrected chi connectivity index (χ3v) is 4.56. The van der Waals surface area contributed by atoms with Crippen LogP contribution in [0.5, 0.6) is 0 Å². The summed E-state index contributed by atoms with van der Waals surface area (Å²) in [4.78, 5) is 12.4. The largest absolute Gasteiger partial charge is 0.480 e. The highest BCUT2D eigenvalue weighted by atomic mass is 32.2. The molecule has 1 heterocycles. The van der Waals surface area contributed by atoms with Crippen molar-refractivity contribution in [2.45, 2.75) is 34.9 Å². The lowest BCUT2D eigenvalue weighted by atomic mass is 9.99. The van der Waals surface area contributed by atoms with Crippen LogP contribution in [0.4, 0.5) is 0 Å². The first kappa shape index (κ1) is 12.4. The smallest absolute Gasteiger partial charge is 0.323 e. The Labute approximate surface area is 105 Å². The molecule has 0 aliphatic heterocycles. The Balaban J connectivity index is 2.00. The second kappa shape index (κ2) is 4.70. The van der Waals surface area contributed by atoms with Crippen LogP contribution in [0.1, 0.15) is 19.3 Å². The van der Waals surface area contributed by atoms with Crippen LogP contribution in [0.3, 0.4) is 0 Å². The van der Waals surface area contributed by atoms with Gasteiger partial charge in [0.1, 0.15) is 5.54 Å². The number of hydrogen-bond acceptors (Lipinski definition) is 4. The Bertz CT molecular complexity index is 421. The molecule has 2 rings (SSSR count). The van der Waals surface area contributed by atoms with Crippen LogP contribution in [-0.2, 0) is 11.8 Å². The van der Waals surface area contributed by atoms with Gasteiger partial charge in [-0.05, 0) is 26.3 Å². The number of carbonyl (C=O) groups is 1. The Morgan fingerprint density at radius 3 is 3.00 bits per heavy atom. The van der Waals surface area contributed by atoms with Crippen molar-refractivity contribution in [3.63, 3.8) is 0 Å². The number of likely N-dealkylation sites (N-methyl/N-ethyl adjacent to an activating group) is 1. The Morgan fingerprint density at radius 1 is 1.76 bits per heavy atom. The minimum Gasteiger partial charge on any atom is -0.480 e. The summed E-state index contributed by atoms with van der Waals surface area (Å²) in [6.45, 7) is 0. The lowest BCUT2D eigenvalue weighted by Crippen LogP contribution is -2.48. The summed E-state index contributed by atoms with van der Waals surface area (Å²) in [5, 5.41) is 16.7. The van der Waals surface area contributed by atoms with Gasteiger partial charge in [-0.3, -0.25) is 9.48 Å². The molecule has 0 amide bonds. The lowest BCUT2D eigenvalue weighted by Gasteiger charge is -2.23. The first-order chi connectivity index (χ1) is 8.05. The standard InChI is InChI=1S/C11H17N3O2S/c1-12-11(10(15)16)4-3-8(5-11)17-9-6-13-14(2)7-9/h6-8,12H,3-5H2,1-2H3,(H,15,16). The van der Waals surface area contributed by atoms with Crippen molar-refractivity contribution in [3.05, 3.63) is 12.4 Å². The molecule has 1 aliphatic carbocycles. The van der Waals surface area contributed by atoms with Gasteiger partial charge in [0.05, 0.1) is 6.20 Å². The molecule has 1 aromatic heterocycles. The Hall–Kier alpha value is -1.01. The number of carboxylic acids is 1. The van der Waals surface area contributed by atoms with Gasteiger partial charge in [0.2, 0.25) is 0 Å². The summed E-state index contributed by atoms with van der Waals surface area (Å²) in [7, 11) is 3.61. The van der Waals surface area contributed by atoms with E-state index >= 15 is 0 Å². The molecule has 2 unspecified atom stereocenters. The van der Waals surface area contributed by atoms with E-state index in [2.05, 4.69) is 10.4 Å². The zero-order valence-electron chi connectivity index (χ0n) is 10.0. The monoisotopic (exact) mass is 255 g/mol. The molecule has 2 N–H and O–H groups in total. The molecule has 6 heteroatoms. The Kier molecular flexibility index (Phi) is 3.44. The third kappa shape index (κ3) is 2.47. The number of rotatable bonds is 4. The fourth-order valence-corrected chi connectivity index (χ4v) is 3.59. The number of carboxylic acid groups (broad SMARTS) is 1. The van der Waals surface area contributed by atoms with E-state index in [0.717, 1.165) is 11.3 Å². The number of nitrogens with zero attached hydrogens (tertiary/aromatic N) is 2. The highest BCUT2D eigenvalue weighted by Crippen LogP contribution is 2.40. The second-order valence-corrected chi connectivity index (χ2v) is 5.84. The summed E-state index contributed by atoms with van der Waals surface area (Å²) in [5.74, 6) is -0.741. The van der Waals surface area contributed by atoms with Gasteiger partial charge in [-0.15, -0.1) is 11.8 Å². The average molecular weight is 255 g/mol. The lowest BCUT2D eigenvalue weighted by molar-refractivity contribution is -0.144. The number of aryl methyl sites for hydroxylation is 1. The van der Waals surface area contributed by atoms with Crippen LogP contribution in [0.25, 0.3) is 0 Å². The third-order valence-electron chi connectivity index (χ3n) is 3.34. The molecule has 2 atom stereocenters. The molecule has 1 aromatic rings. The fraction of sp³-hybridized carbons (Fsp3) is 0.636. The first-order valence-corrected chi connectivity index (χ1v) is 6.51. The molecule has 1 aliphatic rings. The summed E-state index contributed by atoms with van der Waals surface area (Å²) < 4.78 is 1.76. The van der Waals surface area contributed by atoms with Crippen molar-refractivity contribution in [2.24, 2.45) is 7.05 Å². The van der Waals surface area contributed by atoms with Crippen molar-refractivity contribution in [1.82, 2.24) is 15.1 Å². The number of nitrogens with one attached hydrogen (secondary N) is 1. The molecule has 1 fully saturated rings. The van der Waals surface area contributed by atoms with Crippen molar-refractivity contribution in [2.75, 3.05) is 7.05 Å².